The molecule has 5 heteroatoms. The van der Waals surface area contributed by atoms with Crippen molar-refractivity contribution in [1.29, 1.82) is 0 Å². The minimum atomic E-state index is 0.683. The van der Waals surface area contributed by atoms with Gasteiger partial charge in [0.05, 0.1) is 11.6 Å². The Bertz CT molecular complexity index is 257. The van der Waals surface area contributed by atoms with Crippen LogP contribution in [0.25, 0.3) is 0 Å². The molecule has 0 spiro atoms. The number of nitrogens with zero attached hydrogens (tertiary/aromatic N) is 1. The average Bonchev–Trinajstić information content (AvgIpc) is 2.19. The van der Waals surface area contributed by atoms with Crippen molar-refractivity contribution < 1.29 is 4.74 Å². The van der Waals surface area contributed by atoms with Crippen LogP contribution in [0.3, 0.4) is 0 Å². The fourth-order valence-electron chi connectivity index (χ4n) is 0.805. The number of thioether (sulfide) groups is 1. The highest BCUT2D eigenvalue weighted by molar-refractivity contribution is 7.99. The molecule has 72 valence electrons. The van der Waals surface area contributed by atoms with Crippen LogP contribution in [0.1, 0.15) is 0 Å². The van der Waals surface area contributed by atoms with Crippen molar-refractivity contribution in [1.82, 2.24) is 4.98 Å². The monoisotopic (exact) mass is 199 g/mol. The molecule has 0 amide bonds. The number of hydrazine groups is 1. The van der Waals surface area contributed by atoms with Gasteiger partial charge < -0.3 is 10.2 Å². The number of ether oxygens (including phenoxy) is 1. The molecule has 1 aromatic rings. The van der Waals surface area contributed by atoms with Crippen molar-refractivity contribution in [2.45, 2.75) is 5.03 Å². The van der Waals surface area contributed by atoms with Gasteiger partial charge in [0.15, 0.2) is 0 Å². The fourth-order valence-corrected chi connectivity index (χ4v) is 1.60. The Morgan fingerprint density at radius 3 is 3.15 bits per heavy atom. The molecule has 0 aliphatic carbocycles. The zero-order chi connectivity index (χ0) is 9.52. The summed E-state index contributed by atoms with van der Waals surface area (Å²) in [6, 6.07) is 5.68. The third-order valence-corrected chi connectivity index (χ3v) is 2.30. The van der Waals surface area contributed by atoms with Crippen LogP contribution in [0.4, 0.5) is 5.82 Å². The highest BCUT2D eigenvalue weighted by atomic mass is 32.2. The molecule has 13 heavy (non-hydrogen) atoms. The van der Waals surface area contributed by atoms with Crippen LogP contribution in [0.15, 0.2) is 23.2 Å². The Balaban J connectivity index is 2.46. The first kappa shape index (κ1) is 10.3. The predicted octanol–water partition coefficient (Wildman–Crippen LogP) is 1.11. The summed E-state index contributed by atoms with van der Waals surface area (Å²) in [4.78, 5) is 4.23. The standard InChI is InChI=1S/C8H13N3OS/c1-12-5-6-13-8-4-2-3-7(10-8)11-9/h2-4H,5-6,9H2,1H3,(H,10,11). The van der Waals surface area contributed by atoms with Gasteiger partial charge in [-0.1, -0.05) is 6.07 Å². The summed E-state index contributed by atoms with van der Waals surface area (Å²) in [5.74, 6) is 6.81. The minimum absolute atomic E-state index is 0.683. The predicted molar refractivity (Wildman–Crippen MR) is 54.6 cm³/mol. The Kier molecular flexibility index (Phi) is 4.59. The van der Waals surface area contributed by atoms with Gasteiger partial charge in [0.1, 0.15) is 5.82 Å². The number of anilines is 1. The Morgan fingerprint density at radius 2 is 2.46 bits per heavy atom. The summed E-state index contributed by atoms with van der Waals surface area (Å²) < 4.78 is 4.93. The Labute approximate surface area is 81.8 Å². The van der Waals surface area contributed by atoms with Gasteiger partial charge in [-0.3, -0.25) is 0 Å². The maximum absolute atomic E-state index is 5.23. The summed E-state index contributed by atoms with van der Waals surface area (Å²) >= 11 is 1.64. The van der Waals surface area contributed by atoms with Crippen molar-refractivity contribution in [3.8, 4) is 0 Å². The third kappa shape index (κ3) is 3.63. The molecule has 0 aliphatic heterocycles. The lowest BCUT2D eigenvalue weighted by molar-refractivity contribution is 0.218. The molecule has 0 radical (unpaired) electrons. The topological polar surface area (TPSA) is 60.2 Å². The Hall–Kier alpha value is -0.780. The van der Waals surface area contributed by atoms with Crippen LogP contribution in [-0.4, -0.2) is 24.5 Å². The summed E-state index contributed by atoms with van der Waals surface area (Å²) in [5, 5.41) is 0.951. The first-order valence-corrected chi connectivity index (χ1v) is 4.91. The SMILES string of the molecule is COCCSc1cccc(NN)n1. The molecule has 0 saturated heterocycles. The average molecular weight is 199 g/mol. The van der Waals surface area contributed by atoms with E-state index in [-0.39, 0.29) is 0 Å². The number of nitrogens with one attached hydrogen (secondary N) is 1. The number of methoxy groups -OCH3 is 1. The minimum Gasteiger partial charge on any atom is -0.384 e. The van der Waals surface area contributed by atoms with E-state index < -0.39 is 0 Å². The number of hydrogen-bond donors (Lipinski definition) is 2. The maximum Gasteiger partial charge on any atom is 0.141 e. The van der Waals surface area contributed by atoms with E-state index in [1.165, 1.54) is 0 Å². The van der Waals surface area contributed by atoms with E-state index >= 15 is 0 Å². The Morgan fingerprint density at radius 1 is 1.62 bits per heavy atom. The molecule has 0 aliphatic rings. The molecule has 1 heterocycles. The number of pyridine rings is 1. The smallest absolute Gasteiger partial charge is 0.141 e. The zero-order valence-electron chi connectivity index (χ0n) is 7.49. The van der Waals surface area contributed by atoms with E-state index in [2.05, 4.69) is 10.4 Å². The van der Waals surface area contributed by atoms with E-state index in [0.29, 0.717) is 5.82 Å². The van der Waals surface area contributed by atoms with Crippen molar-refractivity contribution in [2.24, 2.45) is 5.84 Å². The number of rotatable bonds is 5. The molecule has 0 unspecified atom stereocenters. The van der Waals surface area contributed by atoms with Crippen LogP contribution in [0.2, 0.25) is 0 Å². The van der Waals surface area contributed by atoms with Gasteiger partial charge in [0.25, 0.3) is 0 Å². The van der Waals surface area contributed by atoms with Gasteiger partial charge in [-0.2, -0.15) is 0 Å². The maximum atomic E-state index is 5.23. The molecule has 4 nitrogen and oxygen atoms in total. The molecule has 1 aromatic heterocycles. The second-order valence-corrected chi connectivity index (χ2v) is 3.46. The third-order valence-electron chi connectivity index (χ3n) is 1.41. The highest BCUT2D eigenvalue weighted by Gasteiger charge is 1.96. The van der Waals surface area contributed by atoms with E-state index in [0.717, 1.165) is 17.4 Å². The second kappa shape index (κ2) is 5.80. The van der Waals surface area contributed by atoms with Gasteiger partial charge in [0.2, 0.25) is 0 Å². The van der Waals surface area contributed by atoms with Crippen LogP contribution in [0, 0.1) is 0 Å². The number of hydrogen-bond acceptors (Lipinski definition) is 5. The molecular formula is C8H13N3OS. The number of nitrogen functional groups attached to an aromatic ring is 1. The van der Waals surface area contributed by atoms with Crippen molar-refractivity contribution >= 4 is 17.6 Å². The van der Waals surface area contributed by atoms with Gasteiger partial charge in [-0.05, 0) is 12.1 Å². The van der Waals surface area contributed by atoms with Gasteiger partial charge in [-0.25, -0.2) is 10.8 Å². The highest BCUT2D eigenvalue weighted by Crippen LogP contribution is 2.16. The van der Waals surface area contributed by atoms with Crippen molar-refractivity contribution in [3.63, 3.8) is 0 Å². The lowest BCUT2D eigenvalue weighted by Crippen LogP contribution is -2.08. The van der Waals surface area contributed by atoms with Crippen LogP contribution >= 0.6 is 11.8 Å². The second-order valence-electron chi connectivity index (χ2n) is 2.35. The van der Waals surface area contributed by atoms with Gasteiger partial charge >= 0.3 is 0 Å². The van der Waals surface area contributed by atoms with Crippen LogP contribution in [-0.2, 0) is 4.74 Å². The number of aromatic nitrogens is 1. The van der Waals surface area contributed by atoms with Crippen molar-refractivity contribution in [3.05, 3.63) is 18.2 Å². The normalized spacial score (nSPS) is 10.0. The molecule has 0 fully saturated rings. The van der Waals surface area contributed by atoms with Crippen molar-refractivity contribution in [2.75, 3.05) is 24.9 Å². The fraction of sp³-hybridized carbons (Fsp3) is 0.375. The molecule has 0 saturated carbocycles. The molecule has 0 aromatic carbocycles. The summed E-state index contributed by atoms with van der Waals surface area (Å²) in [5.41, 5.74) is 2.50. The van der Waals surface area contributed by atoms with Gasteiger partial charge in [0, 0.05) is 12.9 Å². The van der Waals surface area contributed by atoms with Crippen LogP contribution in [0.5, 0.6) is 0 Å². The molecule has 1 rings (SSSR count). The van der Waals surface area contributed by atoms with Crippen LogP contribution < -0.4 is 11.3 Å². The van der Waals surface area contributed by atoms with Gasteiger partial charge in [-0.15, -0.1) is 11.8 Å². The lowest BCUT2D eigenvalue weighted by atomic mass is 10.5. The first-order chi connectivity index (χ1) is 6.36. The largest absolute Gasteiger partial charge is 0.384 e. The number of nitrogens with two attached hydrogens (primary N) is 1. The molecule has 3 N–H and O–H groups in total. The van der Waals surface area contributed by atoms with E-state index in [1.54, 1.807) is 18.9 Å². The molecular weight excluding hydrogens is 186 g/mol. The van der Waals surface area contributed by atoms with E-state index in [1.807, 2.05) is 18.2 Å². The summed E-state index contributed by atoms with van der Waals surface area (Å²) in [6.07, 6.45) is 0. The summed E-state index contributed by atoms with van der Waals surface area (Å²) in [7, 11) is 1.69. The molecule has 0 bridgehead atoms. The van der Waals surface area contributed by atoms with E-state index in [9.17, 15) is 0 Å². The summed E-state index contributed by atoms with van der Waals surface area (Å²) in [6.45, 7) is 0.729. The van der Waals surface area contributed by atoms with E-state index in [4.69, 9.17) is 10.6 Å². The molecule has 0 atom stereocenters. The zero-order valence-corrected chi connectivity index (χ0v) is 8.30. The first-order valence-electron chi connectivity index (χ1n) is 3.92. The quantitative estimate of drug-likeness (QED) is 0.322. The lowest BCUT2D eigenvalue weighted by Gasteiger charge is -2.02.